The zero-order valence-electron chi connectivity index (χ0n) is 19.3. The molecule has 8 heteroatoms. The van der Waals surface area contributed by atoms with Crippen molar-refractivity contribution in [1.29, 1.82) is 0 Å². The second-order valence-electron chi connectivity index (χ2n) is 8.25. The van der Waals surface area contributed by atoms with Gasteiger partial charge in [-0.3, -0.25) is 0 Å². The zero-order chi connectivity index (χ0) is 24.1. The molecule has 0 aliphatic carbocycles. The molecule has 1 atom stereocenters. The van der Waals surface area contributed by atoms with Crippen LogP contribution in [0.25, 0.3) is 10.9 Å². The van der Waals surface area contributed by atoms with Crippen LogP contribution in [0.2, 0.25) is 5.02 Å². The molecule has 0 fully saturated rings. The third-order valence-electron chi connectivity index (χ3n) is 5.05. The summed E-state index contributed by atoms with van der Waals surface area (Å²) in [5.74, 6) is 1.52. The maximum absolute atomic E-state index is 13.4. The second-order valence-corrected chi connectivity index (χ2v) is 8.66. The Morgan fingerprint density at radius 3 is 2.62 bits per heavy atom. The maximum atomic E-state index is 13.4. The summed E-state index contributed by atoms with van der Waals surface area (Å²) in [6.07, 6.45) is 1.49. The molecule has 3 aromatic carbocycles. The van der Waals surface area contributed by atoms with E-state index in [1.54, 1.807) is 24.3 Å². The highest BCUT2D eigenvalue weighted by Gasteiger charge is 2.14. The van der Waals surface area contributed by atoms with Crippen molar-refractivity contribution in [2.75, 3.05) is 26.0 Å². The fourth-order valence-electron chi connectivity index (χ4n) is 3.66. The molecule has 0 saturated carbocycles. The summed E-state index contributed by atoms with van der Waals surface area (Å²) in [6.45, 7) is 3.02. The quantitative estimate of drug-likeness (QED) is 0.313. The van der Waals surface area contributed by atoms with E-state index in [0.717, 1.165) is 28.7 Å². The van der Waals surface area contributed by atoms with Crippen LogP contribution in [0.15, 0.2) is 67.0 Å². The lowest BCUT2D eigenvalue weighted by molar-refractivity contribution is 0.179. The average molecular weight is 481 g/mol. The van der Waals surface area contributed by atoms with Gasteiger partial charge in [0.05, 0.1) is 15.9 Å². The first-order chi connectivity index (χ1) is 16.4. The van der Waals surface area contributed by atoms with Crippen LogP contribution >= 0.6 is 11.6 Å². The summed E-state index contributed by atoms with van der Waals surface area (Å²) >= 11 is 6.46. The Bertz CT molecular complexity index is 1280. The molecule has 0 unspecified atom stereocenters. The number of likely N-dealkylation sites (N-methyl/N-ethyl adjacent to an activating group) is 1. The molecule has 176 valence electrons. The molecule has 1 N–H and O–H groups in total. The van der Waals surface area contributed by atoms with Crippen LogP contribution in [-0.2, 0) is 6.61 Å². The van der Waals surface area contributed by atoms with Crippen LogP contribution < -0.4 is 14.8 Å². The van der Waals surface area contributed by atoms with Crippen molar-refractivity contribution in [1.82, 2.24) is 14.9 Å². The smallest absolute Gasteiger partial charge is 0.145 e. The van der Waals surface area contributed by atoms with Crippen molar-refractivity contribution in [2.45, 2.75) is 19.6 Å². The van der Waals surface area contributed by atoms with E-state index in [4.69, 9.17) is 21.1 Å². The van der Waals surface area contributed by atoms with Crippen LogP contribution in [0, 0.1) is 5.82 Å². The maximum Gasteiger partial charge on any atom is 0.145 e. The predicted octanol–water partition coefficient (Wildman–Crippen LogP) is 6.07. The van der Waals surface area contributed by atoms with E-state index < -0.39 is 0 Å². The van der Waals surface area contributed by atoms with Crippen molar-refractivity contribution < 1.29 is 13.9 Å². The highest BCUT2D eigenvalue weighted by Crippen LogP contribution is 2.34. The van der Waals surface area contributed by atoms with Gasteiger partial charge in [0.2, 0.25) is 0 Å². The highest BCUT2D eigenvalue weighted by molar-refractivity contribution is 6.32. The molecule has 0 radical (unpaired) electrons. The third kappa shape index (κ3) is 5.92. The molecule has 4 aromatic rings. The molecule has 0 aliphatic rings. The van der Waals surface area contributed by atoms with Crippen molar-refractivity contribution in [3.05, 3.63) is 83.4 Å². The van der Waals surface area contributed by atoms with E-state index in [9.17, 15) is 4.39 Å². The molecule has 0 spiro atoms. The molecule has 0 aliphatic heterocycles. The lowest BCUT2D eigenvalue weighted by atomic mass is 10.2. The van der Waals surface area contributed by atoms with Crippen LogP contribution in [0.3, 0.4) is 0 Å². The Hall–Kier alpha value is -3.42. The number of benzene rings is 3. The molecule has 1 aromatic heterocycles. The number of ether oxygens (including phenoxy) is 2. The normalized spacial score (nSPS) is 12.1. The van der Waals surface area contributed by atoms with Gasteiger partial charge in [0.1, 0.15) is 42.2 Å². The molecular formula is C26H26ClFN4O2. The summed E-state index contributed by atoms with van der Waals surface area (Å²) in [7, 11) is 4.02. The van der Waals surface area contributed by atoms with Gasteiger partial charge < -0.3 is 19.7 Å². The fraction of sp³-hybridized carbons (Fsp3) is 0.231. The molecule has 0 bridgehead atoms. The number of aromatic nitrogens is 2. The zero-order valence-corrected chi connectivity index (χ0v) is 20.0. The lowest BCUT2D eigenvalue weighted by Crippen LogP contribution is -2.28. The molecule has 0 amide bonds. The monoisotopic (exact) mass is 480 g/mol. The third-order valence-corrected chi connectivity index (χ3v) is 5.35. The van der Waals surface area contributed by atoms with E-state index in [1.807, 2.05) is 45.3 Å². The summed E-state index contributed by atoms with van der Waals surface area (Å²) in [4.78, 5) is 10.9. The number of hydrogen-bond acceptors (Lipinski definition) is 6. The topological polar surface area (TPSA) is 59.5 Å². The first kappa shape index (κ1) is 23.7. The van der Waals surface area contributed by atoms with Gasteiger partial charge in [-0.15, -0.1) is 0 Å². The molecule has 4 rings (SSSR count). The first-order valence-corrected chi connectivity index (χ1v) is 11.3. The van der Waals surface area contributed by atoms with Crippen molar-refractivity contribution in [2.24, 2.45) is 0 Å². The van der Waals surface area contributed by atoms with Gasteiger partial charge in [-0.1, -0.05) is 29.8 Å². The van der Waals surface area contributed by atoms with E-state index in [2.05, 4.69) is 20.2 Å². The second kappa shape index (κ2) is 10.7. The standard InChI is InChI=1S/C26H26ClFN4O2/c1-17(14-32(2)3)34-24-9-5-8-22-25(24)26(30-16-29-22)31-20-10-11-23(21(27)13-20)33-15-18-6-4-7-19(28)12-18/h4-13,16-17H,14-15H2,1-3H3,(H,29,30,31)/t17-/m1/s1. The minimum Gasteiger partial charge on any atom is -0.489 e. The molecule has 34 heavy (non-hydrogen) atoms. The van der Waals surface area contributed by atoms with Gasteiger partial charge in [0, 0.05) is 12.2 Å². The van der Waals surface area contributed by atoms with E-state index in [0.29, 0.717) is 22.3 Å². The van der Waals surface area contributed by atoms with E-state index in [-0.39, 0.29) is 18.5 Å². The minimum absolute atomic E-state index is 0.0161. The summed E-state index contributed by atoms with van der Waals surface area (Å²) in [5.41, 5.74) is 2.23. The van der Waals surface area contributed by atoms with Gasteiger partial charge in [-0.25, -0.2) is 14.4 Å². The number of fused-ring (bicyclic) bond motifs is 1. The number of halogens is 2. The Balaban J connectivity index is 1.54. The SMILES string of the molecule is C[C@H](CN(C)C)Oc1cccc2ncnc(Nc3ccc(OCc4cccc(F)c4)c(Cl)c3)c12. The van der Waals surface area contributed by atoms with Crippen molar-refractivity contribution in [3.8, 4) is 11.5 Å². The van der Waals surface area contributed by atoms with Crippen LogP contribution in [-0.4, -0.2) is 41.6 Å². The van der Waals surface area contributed by atoms with E-state index >= 15 is 0 Å². The van der Waals surface area contributed by atoms with Crippen molar-refractivity contribution in [3.63, 3.8) is 0 Å². The molecule has 0 saturated heterocycles. The largest absolute Gasteiger partial charge is 0.489 e. The Labute approximate surface area is 203 Å². The summed E-state index contributed by atoms with van der Waals surface area (Å²) in [6, 6.07) is 17.4. The van der Waals surface area contributed by atoms with Crippen LogP contribution in [0.5, 0.6) is 11.5 Å². The molecule has 1 heterocycles. The van der Waals surface area contributed by atoms with Crippen molar-refractivity contribution >= 4 is 34.0 Å². The van der Waals surface area contributed by atoms with Crippen LogP contribution in [0.4, 0.5) is 15.9 Å². The lowest BCUT2D eigenvalue weighted by Gasteiger charge is -2.20. The molecular weight excluding hydrogens is 455 g/mol. The number of nitrogens with zero attached hydrogens (tertiary/aromatic N) is 3. The van der Waals surface area contributed by atoms with Gasteiger partial charge >= 0.3 is 0 Å². The van der Waals surface area contributed by atoms with Gasteiger partial charge in [0.25, 0.3) is 0 Å². The minimum atomic E-state index is -0.303. The van der Waals surface area contributed by atoms with Gasteiger partial charge in [0.15, 0.2) is 0 Å². The predicted molar refractivity (Wildman–Crippen MR) is 134 cm³/mol. The number of rotatable bonds is 9. The molecule has 6 nitrogen and oxygen atoms in total. The fourth-order valence-corrected chi connectivity index (χ4v) is 3.90. The first-order valence-electron chi connectivity index (χ1n) is 10.9. The Morgan fingerprint density at radius 1 is 1.03 bits per heavy atom. The van der Waals surface area contributed by atoms with Crippen LogP contribution in [0.1, 0.15) is 12.5 Å². The van der Waals surface area contributed by atoms with Gasteiger partial charge in [-0.05, 0) is 69.0 Å². The average Bonchev–Trinajstić information content (AvgIpc) is 2.78. The number of hydrogen-bond donors (Lipinski definition) is 1. The Kier molecular flexibility index (Phi) is 7.45. The van der Waals surface area contributed by atoms with Gasteiger partial charge in [-0.2, -0.15) is 0 Å². The number of nitrogens with one attached hydrogen (secondary N) is 1. The summed E-state index contributed by atoms with van der Waals surface area (Å²) < 4.78 is 25.4. The number of anilines is 2. The summed E-state index contributed by atoms with van der Waals surface area (Å²) in [5, 5.41) is 4.54. The Morgan fingerprint density at radius 2 is 1.85 bits per heavy atom. The highest BCUT2D eigenvalue weighted by atomic mass is 35.5. The van der Waals surface area contributed by atoms with E-state index in [1.165, 1.54) is 18.5 Å².